The normalized spacial score (nSPS) is 21.5. The van der Waals surface area contributed by atoms with Gasteiger partial charge in [-0.2, -0.15) is 0 Å². The van der Waals surface area contributed by atoms with Gasteiger partial charge in [0.05, 0.1) is 18.7 Å². The molecule has 6 heteroatoms. The minimum atomic E-state index is -0.637. The Morgan fingerprint density at radius 1 is 1.10 bits per heavy atom. The molecule has 1 N–H and O–H groups in total. The number of ketones is 1. The molecule has 2 aromatic rings. The number of aliphatic hydroxyl groups is 1. The van der Waals surface area contributed by atoms with Gasteiger partial charge in [-0.25, -0.2) is 0 Å². The van der Waals surface area contributed by atoms with Gasteiger partial charge in [0.1, 0.15) is 11.5 Å². The van der Waals surface area contributed by atoms with Crippen LogP contribution in [0.25, 0.3) is 5.76 Å². The summed E-state index contributed by atoms with van der Waals surface area (Å²) in [6, 6.07) is 12.1. The molecule has 0 radical (unpaired) electrons. The van der Waals surface area contributed by atoms with E-state index in [2.05, 4.69) is 15.9 Å². The molecular weight excluding hydrogens is 458 g/mol. The van der Waals surface area contributed by atoms with Crippen molar-refractivity contribution in [2.45, 2.75) is 51.1 Å². The van der Waals surface area contributed by atoms with Crippen LogP contribution in [0.1, 0.15) is 54.8 Å². The van der Waals surface area contributed by atoms with Crippen molar-refractivity contribution in [3.63, 3.8) is 0 Å². The fourth-order valence-corrected chi connectivity index (χ4v) is 4.92. The number of amides is 1. The smallest absolute Gasteiger partial charge is 0.295 e. The molecule has 1 unspecified atom stereocenters. The maximum atomic E-state index is 13.2. The Hall–Kier alpha value is -2.60. The second kappa shape index (κ2) is 8.87. The highest BCUT2D eigenvalue weighted by Gasteiger charge is 2.48. The first-order chi connectivity index (χ1) is 14.9. The Morgan fingerprint density at radius 3 is 2.52 bits per heavy atom. The van der Waals surface area contributed by atoms with Gasteiger partial charge < -0.3 is 14.7 Å². The van der Waals surface area contributed by atoms with Crippen molar-refractivity contribution in [3.05, 3.63) is 69.2 Å². The number of carbonyl (C=O) groups is 2. The summed E-state index contributed by atoms with van der Waals surface area (Å²) in [4.78, 5) is 28.1. The molecule has 4 rings (SSSR count). The summed E-state index contributed by atoms with van der Waals surface area (Å²) in [6.45, 7) is 1.92. The highest BCUT2D eigenvalue weighted by molar-refractivity contribution is 9.10. The fourth-order valence-electron chi connectivity index (χ4n) is 4.67. The summed E-state index contributed by atoms with van der Waals surface area (Å²) in [5, 5.41) is 11.2. The van der Waals surface area contributed by atoms with Crippen LogP contribution in [-0.2, 0) is 9.59 Å². The van der Waals surface area contributed by atoms with Crippen molar-refractivity contribution in [1.82, 2.24) is 4.90 Å². The molecule has 0 aromatic heterocycles. The van der Waals surface area contributed by atoms with Gasteiger partial charge in [-0.05, 0) is 55.2 Å². The Labute approximate surface area is 190 Å². The topological polar surface area (TPSA) is 66.8 Å². The number of aliphatic hydroxyl groups excluding tert-OH is 1. The second-order valence-corrected chi connectivity index (χ2v) is 9.09. The molecule has 2 aromatic carbocycles. The van der Waals surface area contributed by atoms with Crippen molar-refractivity contribution in [3.8, 4) is 5.75 Å². The number of nitrogens with zero attached hydrogens (tertiary/aromatic N) is 1. The number of methoxy groups -OCH3 is 1. The zero-order chi connectivity index (χ0) is 22.1. The summed E-state index contributed by atoms with van der Waals surface area (Å²) in [5.41, 5.74) is 2.36. The monoisotopic (exact) mass is 483 g/mol. The van der Waals surface area contributed by atoms with E-state index in [1.165, 1.54) is 0 Å². The first kappa shape index (κ1) is 21.6. The first-order valence-corrected chi connectivity index (χ1v) is 11.4. The Balaban J connectivity index is 1.89. The number of halogens is 1. The van der Waals surface area contributed by atoms with Crippen LogP contribution in [0, 0.1) is 6.92 Å². The van der Waals surface area contributed by atoms with E-state index in [9.17, 15) is 14.7 Å². The van der Waals surface area contributed by atoms with Gasteiger partial charge in [0.25, 0.3) is 11.7 Å². The maximum Gasteiger partial charge on any atom is 0.295 e. The minimum absolute atomic E-state index is 0.0154. The number of hydrogen-bond donors (Lipinski definition) is 1. The summed E-state index contributed by atoms with van der Waals surface area (Å²) in [6.07, 6.45) is 4.94. The summed E-state index contributed by atoms with van der Waals surface area (Å²) in [5.74, 6) is -0.655. The standard InChI is InChI=1S/C25H26BrNO4/c1-15-13-17(11-12-20(15)26)23(28)21-22(16-7-6-10-19(14-16)31-2)27(25(30)24(21)29)18-8-4-3-5-9-18/h6-7,10-14,18,22,28H,3-5,8-9H2,1-2H3/b23-21-. The van der Waals surface area contributed by atoms with Crippen LogP contribution in [0.3, 0.4) is 0 Å². The minimum Gasteiger partial charge on any atom is -0.507 e. The van der Waals surface area contributed by atoms with Gasteiger partial charge in [0, 0.05) is 16.1 Å². The average Bonchev–Trinajstić information content (AvgIpc) is 3.06. The number of ether oxygens (including phenoxy) is 1. The van der Waals surface area contributed by atoms with Crippen molar-refractivity contribution >= 4 is 33.4 Å². The van der Waals surface area contributed by atoms with Crippen LogP contribution >= 0.6 is 15.9 Å². The number of hydrogen-bond acceptors (Lipinski definition) is 4. The number of aryl methyl sites for hydroxylation is 1. The highest BCUT2D eigenvalue weighted by Crippen LogP contribution is 2.43. The first-order valence-electron chi connectivity index (χ1n) is 10.6. The highest BCUT2D eigenvalue weighted by atomic mass is 79.9. The Bertz CT molecular complexity index is 1060. The molecule has 2 fully saturated rings. The summed E-state index contributed by atoms with van der Waals surface area (Å²) < 4.78 is 6.30. The molecule has 1 heterocycles. The van der Waals surface area contributed by atoms with Crippen LogP contribution in [-0.4, -0.2) is 34.8 Å². The van der Waals surface area contributed by atoms with Crippen molar-refractivity contribution < 1.29 is 19.4 Å². The molecule has 1 saturated heterocycles. The van der Waals surface area contributed by atoms with Crippen molar-refractivity contribution in [1.29, 1.82) is 0 Å². The molecule has 1 saturated carbocycles. The van der Waals surface area contributed by atoms with Crippen LogP contribution in [0.2, 0.25) is 0 Å². The van der Waals surface area contributed by atoms with Gasteiger partial charge >= 0.3 is 0 Å². The van der Waals surface area contributed by atoms with Gasteiger partial charge in [0.15, 0.2) is 0 Å². The second-order valence-electron chi connectivity index (χ2n) is 8.24. The van der Waals surface area contributed by atoms with E-state index in [-0.39, 0.29) is 17.4 Å². The number of Topliss-reactive ketones (excluding diaryl/α,β-unsaturated/α-hetero) is 1. The van der Waals surface area contributed by atoms with E-state index >= 15 is 0 Å². The Kier molecular flexibility index (Phi) is 6.19. The quantitative estimate of drug-likeness (QED) is 0.353. The molecule has 0 bridgehead atoms. The van der Waals surface area contributed by atoms with Crippen LogP contribution < -0.4 is 4.74 Å². The molecule has 1 aliphatic carbocycles. The SMILES string of the molecule is COc1cccc(C2/C(=C(/O)c3ccc(Br)c(C)c3)C(=O)C(=O)N2C2CCCCC2)c1. The van der Waals surface area contributed by atoms with Gasteiger partial charge in [-0.15, -0.1) is 0 Å². The molecule has 1 atom stereocenters. The van der Waals surface area contributed by atoms with E-state index < -0.39 is 17.7 Å². The zero-order valence-electron chi connectivity index (χ0n) is 17.7. The fraction of sp³-hybridized carbons (Fsp3) is 0.360. The lowest BCUT2D eigenvalue weighted by atomic mass is 9.90. The van der Waals surface area contributed by atoms with Crippen LogP contribution in [0.5, 0.6) is 5.75 Å². The van der Waals surface area contributed by atoms with Crippen LogP contribution in [0.4, 0.5) is 0 Å². The predicted octanol–water partition coefficient (Wildman–Crippen LogP) is 5.52. The number of benzene rings is 2. The lowest BCUT2D eigenvalue weighted by Gasteiger charge is -2.35. The molecule has 31 heavy (non-hydrogen) atoms. The van der Waals surface area contributed by atoms with Gasteiger partial charge in [0.2, 0.25) is 0 Å². The van der Waals surface area contributed by atoms with E-state index in [1.54, 1.807) is 18.1 Å². The van der Waals surface area contributed by atoms with Gasteiger partial charge in [-0.1, -0.05) is 53.4 Å². The molecule has 0 spiro atoms. The van der Waals surface area contributed by atoms with Crippen molar-refractivity contribution in [2.75, 3.05) is 7.11 Å². The summed E-state index contributed by atoms with van der Waals surface area (Å²) in [7, 11) is 1.59. The number of rotatable bonds is 4. The third-order valence-corrected chi connectivity index (χ3v) is 7.18. The number of likely N-dealkylation sites (tertiary alicyclic amines) is 1. The van der Waals surface area contributed by atoms with Crippen molar-refractivity contribution in [2.24, 2.45) is 0 Å². The number of carbonyl (C=O) groups excluding carboxylic acids is 2. The third kappa shape index (κ3) is 4.01. The lowest BCUT2D eigenvalue weighted by Crippen LogP contribution is -2.40. The molecule has 5 nitrogen and oxygen atoms in total. The van der Waals surface area contributed by atoms with E-state index in [1.807, 2.05) is 43.3 Å². The summed E-state index contributed by atoms with van der Waals surface area (Å²) >= 11 is 3.47. The van der Waals surface area contributed by atoms with E-state index in [0.29, 0.717) is 11.3 Å². The zero-order valence-corrected chi connectivity index (χ0v) is 19.3. The average molecular weight is 484 g/mol. The lowest BCUT2D eigenvalue weighted by molar-refractivity contribution is -0.141. The van der Waals surface area contributed by atoms with E-state index in [0.717, 1.165) is 47.7 Å². The third-order valence-electron chi connectivity index (χ3n) is 6.29. The molecule has 2 aliphatic rings. The largest absolute Gasteiger partial charge is 0.507 e. The van der Waals surface area contributed by atoms with Gasteiger partial charge in [-0.3, -0.25) is 9.59 Å². The maximum absolute atomic E-state index is 13.2. The van der Waals surface area contributed by atoms with E-state index in [4.69, 9.17) is 4.74 Å². The molecule has 1 amide bonds. The molecular formula is C25H26BrNO4. The Morgan fingerprint density at radius 2 is 1.84 bits per heavy atom. The predicted molar refractivity (Wildman–Crippen MR) is 123 cm³/mol. The molecule has 162 valence electrons. The van der Waals surface area contributed by atoms with Crippen LogP contribution in [0.15, 0.2) is 52.5 Å². The molecule has 1 aliphatic heterocycles.